The molecular formula is C19H20FN3O2. The second kappa shape index (κ2) is 6.93. The number of aryl methyl sites for hydroxylation is 1. The van der Waals surface area contributed by atoms with Crippen LogP contribution in [0.25, 0.3) is 10.9 Å². The molecule has 0 saturated heterocycles. The molecule has 1 N–H and O–H groups in total. The molecule has 0 spiro atoms. The lowest BCUT2D eigenvalue weighted by Crippen LogP contribution is -2.09. The van der Waals surface area contributed by atoms with Gasteiger partial charge >= 0.3 is 0 Å². The fraction of sp³-hybridized carbons (Fsp3) is 0.263. The van der Waals surface area contributed by atoms with Crippen LogP contribution in [-0.4, -0.2) is 24.2 Å². The number of ether oxygens (including phenoxy) is 2. The minimum absolute atomic E-state index is 0.0498. The van der Waals surface area contributed by atoms with Gasteiger partial charge in [0.2, 0.25) is 0 Å². The maximum absolute atomic E-state index is 13.1. The first-order valence-corrected chi connectivity index (χ1v) is 7.94. The Morgan fingerprint density at radius 3 is 2.28 bits per heavy atom. The highest BCUT2D eigenvalue weighted by Gasteiger charge is 2.14. The van der Waals surface area contributed by atoms with Crippen molar-refractivity contribution in [2.24, 2.45) is 0 Å². The lowest BCUT2D eigenvalue weighted by molar-refractivity contribution is 0.356. The van der Waals surface area contributed by atoms with E-state index in [4.69, 9.17) is 9.47 Å². The van der Waals surface area contributed by atoms with Crippen LogP contribution in [-0.2, 0) is 0 Å². The Balaban J connectivity index is 2.03. The highest BCUT2D eigenvalue weighted by molar-refractivity contribution is 5.92. The van der Waals surface area contributed by atoms with Gasteiger partial charge in [0.05, 0.1) is 19.7 Å². The zero-order valence-electron chi connectivity index (χ0n) is 14.6. The van der Waals surface area contributed by atoms with Gasteiger partial charge in [0.15, 0.2) is 11.5 Å². The number of nitrogens with zero attached hydrogens (tertiary/aromatic N) is 2. The van der Waals surface area contributed by atoms with Crippen molar-refractivity contribution in [1.82, 2.24) is 9.97 Å². The number of benzene rings is 2. The van der Waals surface area contributed by atoms with Crippen molar-refractivity contribution < 1.29 is 13.9 Å². The zero-order valence-corrected chi connectivity index (χ0v) is 14.6. The number of anilines is 1. The molecule has 1 aromatic heterocycles. The van der Waals surface area contributed by atoms with E-state index in [0.29, 0.717) is 23.1 Å². The molecule has 0 saturated carbocycles. The van der Waals surface area contributed by atoms with Crippen LogP contribution in [0.4, 0.5) is 10.2 Å². The van der Waals surface area contributed by atoms with Crippen LogP contribution in [0, 0.1) is 12.7 Å². The molecule has 25 heavy (non-hydrogen) atoms. The maximum Gasteiger partial charge on any atom is 0.162 e. The first-order chi connectivity index (χ1) is 12.0. The summed E-state index contributed by atoms with van der Waals surface area (Å²) in [6.45, 7) is 3.83. The fourth-order valence-electron chi connectivity index (χ4n) is 2.72. The highest BCUT2D eigenvalue weighted by Crippen LogP contribution is 2.34. The van der Waals surface area contributed by atoms with Crippen molar-refractivity contribution in [2.75, 3.05) is 19.5 Å². The van der Waals surface area contributed by atoms with Crippen molar-refractivity contribution in [3.8, 4) is 11.5 Å². The largest absolute Gasteiger partial charge is 0.493 e. The Morgan fingerprint density at radius 1 is 1.00 bits per heavy atom. The third-order valence-electron chi connectivity index (χ3n) is 4.04. The topological polar surface area (TPSA) is 56.3 Å². The fourth-order valence-corrected chi connectivity index (χ4v) is 2.72. The zero-order chi connectivity index (χ0) is 18.0. The van der Waals surface area contributed by atoms with Crippen molar-refractivity contribution >= 4 is 16.7 Å². The van der Waals surface area contributed by atoms with E-state index in [1.807, 2.05) is 26.0 Å². The van der Waals surface area contributed by atoms with Crippen LogP contribution in [0.1, 0.15) is 24.4 Å². The number of halogens is 1. The Kier molecular flexibility index (Phi) is 4.70. The van der Waals surface area contributed by atoms with E-state index in [0.717, 1.165) is 16.5 Å². The van der Waals surface area contributed by atoms with Gasteiger partial charge in [-0.3, -0.25) is 0 Å². The van der Waals surface area contributed by atoms with E-state index in [2.05, 4.69) is 15.3 Å². The lowest BCUT2D eigenvalue weighted by atomic mass is 10.1. The van der Waals surface area contributed by atoms with Gasteiger partial charge in [-0.1, -0.05) is 12.1 Å². The summed E-state index contributed by atoms with van der Waals surface area (Å²) in [5.41, 5.74) is 1.73. The van der Waals surface area contributed by atoms with Crippen molar-refractivity contribution in [3.63, 3.8) is 0 Å². The smallest absolute Gasteiger partial charge is 0.162 e. The molecule has 3 rings (SSSR count). The minimum atomic E-state index is -0.254. The van der Waals surface area contributed by atoms with Crippen LogP contribution in [0.2, 0.25) is 0 Å². The summed E-state index contributed by atoms with van der Waals surface area (Å²) in [5.74, 6) is 2.32. The number of rotatable bonds is 5. The van der Waals surface area contributed by atoms with Crippen molar-refractivity contribution in [2.45, 2.75) is 19.9 Å². The second-order valence-corrected chi connectivity index (χ2v) is 5.76. The van der Waals surface area contributed by atoms with Gasteiger partial charge in [-0.25, -0.2) is 14.4 Å². The molecule has 130 valence electrons. The van der Waals surface area contributed by atoms with Gasteiger partial charge in [-0.2, -0.15) is 0 Å². The average molecular weight is 341 g/mol. The molecule has 3 aromatic rings. The molecule has 0 amide bonds. The first kappa shape index (κ1) is 17.0. The number of hydrogen-bond donors (Lipinski definition) is 1. The van der Waals surface area contributed by atoms with Gasteiger partial charge in [0.1, 0.15) is 17.5 Å². The van der Waals surface area contributed by atoms with E-state index in [-0.39, 0.29) is 11.9 Å². The van der Waals surface area contributed by atoms with Gasteiger partial charge in [-0.05, 0) is 37.6 Å². The highest BCUT2D eigenvalue weighted by atomic mass is 19.1. The summed E-state index contributed by atoms with van der Waals surface area (Å²) in [6, 6.07) is 10.0. The normalized spacial score (nSPS) is 12.0. The van der Waals surface area contributed by atoms with Crippen LogP contribution in [0.15, 0.2) is 36.4 Å². The molecule has 1 atom stereocenters. The molecule has 0 unspecified atom stereocenters. The first-order valence-electron chi connectivity index (χ1n) is 7.94. The molecule has 0 aliphatic carbocycles. The molecule has 0 radical (unpaired) electrons. The molecule has 1 heterocycles. The molecule has 6 heteroatoms. The molecular weight excluding hydrogens is 321 g/mol. The van der Waals surface area contributed by atoms with E-state index in [1.54, 1.807) is 26.4 Å². The van der Waals surface area contributed by atoms with Gasteiger partial charge < -0.3 is 14.8 Å². The molecule has 0 bridgehead atoms. The van der Waals surface area contributed by atoms with E-state index in [1.165, 1.54) is 12.1 Å². The third-order valence-corrected chi connectivity index (χ3v) is 4.04. The number of methoxy groups -OCH3 is 2. The number of nitrogens with one attached hydrogen (secondary N) is 1. The SMILES string of the molecule is COc1cc2nc(C)nc(N[C@H](C)c3ccc(F)cc3)c2cc1OC. The second-order valence-electron chi connectivity index (χ2n) is 5.76. The summed E-state index contributed by atoms with van der Waals surface area (Å²) < 4.78 is 23.9. The quantitative estimate of drug-likeness (QED) is 0.751. The van der Waals surface area contributed by atoms with Crippen LogP contribution < -0.4 is 14.8 Å². The lowest BCUT2D eigenvalue weighted by Gasteiger charge is -2.18. The Morgan fingerprint density at radius 2 is 1.64 bits per heavy atom. The van der Waals surface area contributed by atoms with E-state index in [9.17, 15) is 4.39 Å². The molecule has 2 aromatic carbocycles. The summed E-state index contributed by atoms with van der Waals surface area (Å²) in [7, 11) is 3.18. The Hall–Kier alpha value is -2.89. The summed E-state index contributed by atoms with van der Waals surface area (Å²) in [5, 5.41) is 4.21. The van der Waals surface area contributed by atoms with Crippen molar-refractivity contribution in [1.29, 1.82) is 0 Å². The molecule has 0 aliphatic heterocycles. The van der Waals surface area contributed by atoms with Crippen molar-refractivity contribution in [3.05, 3.63) is 53.6 Å². The monoisotopic (exact) mass is 341 g/mol. The van der Waals surface area contributed by atoms with Gasteiger partial charge in [-0.15, -0.1) is 0 Å². The number of fused-ring (bicyclic) bond motifs is 1. The average Bonchev–Trinajstić information content (AvgIpc) is 2.61. The van der Waals surface area contributed by atoms with E-state index >= 15 is 0 Å². The predicted molar refractivity (Wildman–Crippen MR) is 95.8 cm³/mol. The van der Waals surface area contributed by atoms with E-state index < -0.39 is 0 Å². The minimum Gasteiger partial charge on any atom is -0.493 e. The van der Waals surface area contributed by atoms with Crippen LogP contribution in [0.3, 0.4) is 0 Å². The van der Waals surface area contributed by atoms with Gasteiger partial charge in [0.25, 0.3) is 0 Å². The Labute approximate surface area is 145 Å². The van der Waals surface area contributed by atoms with Crippen LogP contribution in [0.5, 0.6) is 11.5 Å². The summed E-state index contributed by atoms with van der Waals surface area (Å²) in [6.07, 6.45) is 0. The Bertz CT molecular complexity index is 897. The number of hydrogen-bond acceptors (Lipinski definition) is 5. The van der Waals surface area contributed by atoms with Crippen LogP contribution >= 0.6 is 0 Å². The standard InChI is InChI=1S/C19H20FN3O2/c1-11(13-5-7-14(20)8-6-13)21-19-15-9-17(24-3)18(25-4)10-16(15)22-12(2)23-19/h5-11H,1-4H3,(H,21,22,23)/t11-/m1/s1. The predicted octanol–water partition coefficient (Wildman–Crippen LogP) is 4.27. The summed E-state index contributed by atoms with van der Waals surface area (Å²) in [4.78, 5) is 9.00. The molecule has 0 aliphatic rings. The third kappa shape index (κ3) is 3.47. The maximum atomic E-state index is 13.1. The number of aromatic nitrogens is 2. The summed E-state index contributed by atoms with van der Waals surface area (Å²) >= 11 is 0. The van der Waals surface area contributed by atoms with Gasteiger partial charge in [0, 0.05) is 17.5 Å². The molecule has 5 nitrogen and oxygen atoms in total. The molecule has 0 fully saturated rings.